The van der Waals surface area contributed by atoms with Crippen LogP contribution in [0.1, 0.15) is 32.5 Å². The van der Waals surface area contributed by atoms with Gasteiger partial charge in [0.25, 0.3) is 0 Å². The van der Waals surface area contributed by atoms with Gasteiger partial charge in [0.05, 0.1) is 11.0 Å². The molecule has 21 heavy (non-hydrogen) atoms. The Morgan fingerprint density at radius 1 is 1.43 bits per heavy atom. The van der Waals surface area contributed by atoms with Crippen LogP contribution < -0.4 is 5.32 Å². The summed E-state index contributed by atoms with van der Waals surface area (Å²) in [6.07, 6.45) is 3.64. The molecule has 2 heterocycles. The minimum atomic E-state index is 0.339. The summed E-state index contributed by atoms with van der Waals surface area (Å²) < 4.78 is 2.70. The van der Waals surface area contributed by atoms with Gasteiger partial charge in [-0.2, -0.15) is 11.8 Å². The molecule has 2 unspecified atom stereocenters. The fourth-order valence-corrected chi connectivity index (χ4v) is 4.96. The minimum Gasteiger partial charge on any atom is -0.328 e. The van der Waals surface area contributed by atoms with E-state index >= 15 is 0 Å². The first-order chi connectivity index (χ1) is 10.2. The van der Waals surface area contributed by atoms with Crippen molar-refractivity contribution >= 4 is 22.8 Å². The molecular formula is C17H25N3S. The van der Waals surface area contributed by atoms with Gasteiger partial charge in [0, 0.05) is 23.8 Å². The summed E-state index contributed by atoms with van der Waals surface area (Å²) in [4.78, 5) is 4.89. The molecule has 0 bridgehead atoms. The van der Waals surface area contributed by atoms with Crippen LogP contribution in [0.25, 0.3) is 11.0 Å². The average molecular weight is 303 g/mol. The molecule has 0 amide bonds. The van der Waals surface area contributed by atoms with Crippen LogP contribution in [-0.4, -0.2) is 33.1 Å². The lowest BCUT2D eigenvalue weighted by molar-refractivity contribution is 0.413. The number of fused-ring (bicyclic) bond motifs is 1. The highest BCUT2D eigenvalue weighted by molar-refractivity contribution is 8.00. The number of thioether (sulfide) groups is 1. The molecule has 1 aromatic heterocycles. The monoisotopic (exact) mass is 303 g/mol. The molecule has 4 heteroatoms. The first kappa shape index (κ1) is 14.9. The number of likely N-dealkylation sites (N-methyl/N-ethyl adjacent to an activating group) is 1. The summed E-state index contributed by atoms with van der Waals surface area (Å²) in [5.74, 6) is 2.51. The molecule has 2 aromatic rings. The zero-order chi connectivity index (χ0) is 14.9. The molecule has 0 saturated carbocycles. The van der Waals surface area contributed by atoms with Crippen molar-refractivity contribution in [1.29, 1.82) is 0 Å². The van der Waals surface area contributed by atoms with Crippen molar-refractivity contribution < 1.29 is 0 Å². The second-order valence-corrected chi connectivity index (χ2v) is 7.70. The van der Waals surface area contributed by atoms with Gasteiger partial charge in [-0.05, 0) is 51.6 Å². The van der Waals surface area contributed by atoms with Crippen molar-refractivity contribution in [1.82, 2.24) is 14.9 Å². The van der Waals surface area contributed by atoms with Crippen molar-refractivity contribution in [3.05, 3.63) is 30.1 Å². The molecule has 1 saturated heterocycles. The molecule has 3 nitrogen and oxygen atoms in total. The summed E-state index contributed by atoms with van der Waals surface area (Å²) in [5, 5.41) is 3.55. The molecular weight excluding hydrogens is 278 g/mol. The summed E-state index contributed by atoms with van der Waals surface area (Å²) in [6.45, 7) is 5.60. The number of hydrogen-bond acceptors (Lipinski definition) is 3. The maximum atomic E-state index is 4.89. The van der Waals surface area contributed by atoms with Gasteiger partial charge >= 0.3 is 0 Å². The summed E-state index contributed by atoms with van der Waals surface area (Å²) in [6, 6.07) is 8.94. The normalized spacial score (nSPS) is 23.8. The first-order valence-corrected chi connectivity index (χ1v) is 8.92. The molecule has 2 atom stereocenters. The maximum Gasteiger partial charge on any atom is 0.111 e. The molecule has 0 aliphatic carbocycles. The number of hydrogen-bond donors (Lipinski definition) is 1. The fraction of sp³-hybridized carbons (Fsp3) is 0.588. The number of para-hydroxylation sites is 2. The highest BCUT2D eigenvalue weighted by Gasteiger charge is 2.37. The quantitative estimate of drug-likeness (QED) is 0.917. The van der Waals surface area contributed by atoms with Crippen LogP contribution in [0.15, 0.2) is 24.3 Å². The van der Waals surface area contributed by atoms with Crippen molar-refractivity contribution in [2.45, 2.75) is 50.4 Å². The Morgan fingerprint density at radius 2 is 2.24 bits per heavy atom. The van der Waals surface area contributed by atoms with Crippen LogP contribution in [0.2, 0.25) is 0 Å². The second kappa shape index (κ2) is 6.01. The summed E-state index contributed by atoms with van der Waals surface area (Å²) >= 11 is 2.12. The van der Waals surface area contributed by atoms with Crippen molar-refractivity contribution in [3.8, 4) is 0 Å². The van der Waals surface area contributed by atoms with E-state index in [9.17, 15) is 0 Å². The number of aryl methyl sites for hydroxylation is 1. The molecule has 1 aromatic carbocycles. The lowest BCUT2D eigenvalue weighted by Crippen LogP contribution is -2.45. The zero-order valence-corrected chi connectivity index (χ0v) is 14.0. The van der Waals surface area contributed by atoms with Crippen LogP contribution in [-0.2, 0) is 13.0 Å². The van der Waals surface area contributed by atoms with Crippen LogP contribution in [0, 0.1) is 0 Å². The Bertz CT molecular complexity index is 614. The molecule has 114 valence electrons. The predicted octanol–water partition coefficient (Wildman–Crippen LogP) is 3.47. The Morgan fingerprint density at radius 3 is 2.90 bits per heavy atom. The lowest BCUT2D eigenvalue weighted by atomic mass is 9.93. The minimum absolute atomic E-state index is 0.339. The zero-order valence-electron chi connectivity index (χ0n) is 13.2. The van der Waals surface area contributed by atoms with Gasteiger partial charge in [0.1, 0.15) is 5.82 Å². The van der Waals surface area contributed by atoms with Gasteiger partial charge in [-0.3, -0.25) is 0 Å². The maximum absolute atomic E-state index is 4.89. The average Bonchev–Trinajstić information content (AvgIpc) is 3.08. The molecule has 0 radical (unpaired) electrons. The molecule has 0 spiro atoms. The van der Waals surface area contributed by atoms with Gasteiger partial charge in [-0.25, -0.2) is 4.98 Å². The highest BCUT2D eigenvalue weighted by Crippen LogP contribution is 2.41. The standard InChI is InChI=1S/C17H25N3S/c1-4-20-14-9-6-5-8-13(14)19-16(20)12-15(18-3)17(2)10-7-11-21-17/h5-6,8-9,15,18H,4,7,10-12H2,1-3H3. The van der Waals surface area contributed by atoms with Crippen LogP contribution >= 0.6 is 11.8 Å². The Balaban J connectivity index is 1.92. The Labute approximate surface area is 131 Å². The van der Waals surface area contributed by atoms with Gasteiger partial charge in [0.15, 0.2) is 0 Å². The van der Waals surface area contributed by atoms with E-state index in [0.717, 1.165) is 18.5 Å². The number of rotatable bonds is 5. The van der Waals surface area contributed by atoms with Gasteiger partial charge in [-0.15, -0.1) is 0 Å². The van der Waals surface area contributed by atoms with Crippen LogP contribution in [0.5, 0.6) is 0 Å². The third-order valence-corrected chi connectivity index (χ3v) is 6.41. The van der Waals surface area contributed by atoms with E-state index in [1.54, 1.807) is 0 Å². The molecule has 1 aliphatic heterocycles. The summed E-state index contributed by atoms with van der Waals surface area (Å²) in [7, 11) is 2.09. The largest absolute Gasteiger partial charge is 0.328 e. The fourth-order valence-electron chi connectivity index (χ4n) is 3.52. The number of nitrogens with zero attached hydrogens (tertiary/aromatic N) is 2. The predicted molar refractivity (Wildman–Crippen MR) is 92.1 cm³/mol. The molecule has 3 rings (SSSR count). The van der Waals surface area contributed by atoms with E-state index in [1.165, 1.54) is 29.9 Å². The third-order valence-electron chi connectivity index (χ3n) is 4.77. The van der Waals surface area contributed by atoms with Crippen molar-refractivity contribution in [3.63, 3.8) is 0 Å². The van der Waals surface area contributed by atoms with E-state index in [1.807, 2.05) is 0 Å². The smallest absolute Gasteiger partial charge is 0.111 e. The number of benzene rings is 1. The third kappa shape index (κ3) is 2.71. The first-order valence-electron chi connectivity index (χ1n) is 7.93. The van der Waals surface area contributed by atoms with E-state index in [2.05, 4.69) is 66.8 Å². The topological polar surface area (TPSA) is 29.9 Å². The second-order valence-electron chi connectivity index (χ2n) is 6.07. The Kier molecular flexibility index (Phi) is 4.27. The number of aromatic nitrogens is 2. The van der Waals surface area contributed by atoms with Crippen molar-refractivity contribution in [2.75, 3.05) is 12.8 Å². The van der Waals surface area contributed by atoms with Crippen molar-refractivity contribution in [2.24, 2.45) is 0 Å². The van der Waals surface area contributed by atoms with E-state index in [4.69, 9.17) is 4.98 Å². The number of imidazole rings is 1. The van der Waals surface area contributed by atoms with E-state index in [0.29, 0.717) is 10.8 Å². The number of nitrogens with one attached hydrogen (secondary N) is 1. The SMILES string of the molecule is CCn1c(CC(NC)C2(C)CCCS2)nc2ccccc21. The van der Waals surface area contributed by atoms with Crippen LogP contribution in [0.4, 0.5) is 0 Å². The van der Waals surface area contributed by atoms with E-state index in [-0.39, 0.29) is 0 Å². The van der Waals surface area contributed by atoms with Gasteiger partial charge < -0.3 is 9.88 Å². The van der Waals surface area contributed by atoms with Gasteiger partial charge in [-0.1, -0.05) is 12.1 Å². The Hall–Kier alpha value is -1.00. The molecule has 1 N–H and O–H groups in total. The van der Waals surface area contributed by atoms with Crippen LogP contribution in [0.3, 0.4) is 0 Å². The summed E-state index contributed by atoms with van der Waals surface area (Å²) in [5.41, 5.74) is 2.38. The highest BCUT2D eigenvalue weighted by atomic mass is 32.2. The molecule has 1 aliphatic rings. The van der Waals surface area contributed by atoms with E-state index < -0.39 is 0 Å². The molecule has 1 fully saturated rings. The van der Waals surface area contributed by atoms with Gasteiger partial charge in [0.2, 0.25) is 0 Å². The lowest BCUT2D eigenvalue weighted by Gasteiger charge is -2.33.